The van der Waals surface area contributed by atoms with E-state index in [9.17, 15) is 0 Å². The molecule has 5 nitrogen and oxygen atoms in total. The summed E-state index contributed by atoms with van der Waals surface area (Å²) in [5.74, 6) is 7.60. The summed E-state index contributed by atoms with van der Waals surface area (Å²) >= 11 is 0. The zero-order valence-electron chi connectivity index (χ0n) is 14.9. The first kappa shape index (κ1) is 17.6. The minimum Gasteiger partial charge on any atom is -0.385 e. The monoisotopic (exact) mass is 338 g/mol. The number of benzene rings is 1. The maximum atomic E-state index is 6.01. The van der Waals surface area contributed by atoms with Crippen molar-refractivity contribution in [3.63, 3.8) is 0 Å². The Labute approximate surface area is 149 Å². The smallest absolute Gasteiger partial charge is 0.128 e. The maximum absolute atomic E-state index is 6.01. The lowest BCUT2D eigenvalue weighted by atomic mass is 10.0. The second-order valence-corrected chi connectivity index (χ2v) is 6.86. The Bertz CT molecular complexity index is 704. The Morgan fingerprint density at radius 1 is 1.28 bits per heavy atom. The molecule has 0 radical (unpaired) electrons. The quantitative estimate of drug-likeness (QED) is 0.293. The summed E-state index contributed by atoms with van der Waals surface area (Å²) in [4.78, 5) is 0. The van der Waals surface area contributed by atoms with E-state index in [2.05, 4.69) is 52.4 Å². The molecule has 0 amide bonds. The third-order valence-electron chi connectivity index (χ3n) is 4.51. The lowest BCUT2D eigenvalue weighted by Gasteiger charge is -2.19. The van der Waals surface area contributed by atoms with Crippen molar-refractivity contribution in [3.05, 3.63) is 34.9 Å². The molecule has 1 unspecified atom stereocenters. The van der Waals surface area contributed by atoms with Crippen LogP contribution in [0, 0.1) is 24.7 Å². The Balaban J connectivity index is 1.54. The SMILES string of the molecule is Cc1ccc(C#CC2CC2)cc1C/C(N)=N/N=NCC1CCCCO1. The van der Waals surface area contributed by atoms with E-state index < -0.39 is 0 Å². The molecule has 1 aromatic rings. The largest absolute Gasteiger partial charge is 0.385 e. The van der Waals surface area contributed by atoms with E-state index in [1.54, 1.807) is 0 Å². The molecule has 2 aliphatic rings. The van der Waals surface area contributed by atoms with E-state index in [0.29, 0.717) is 24.7 Å². The van der Waals surface area contributed by atoms with Gasteiger partial charge in [-0.3, -0.25) is 0 Å². The molecule has 0 bridgehead atoms. The first-order valence-corrected chi connectivity index (χ1v) is 9.12. The van der Waals surface area contributed by atoms with Crippen molar-refractivity contribution in [1.29, 1.82) is 0 Å². The van der Waals surface area contributed by atoms with Gasteiger partial charge in [-0.1, -0.05) is 17.9 Å². The number of hydrogen-bond acceptors (Lipinski definition) is 3. The van der Waals surface area contributed by atoms with Crippen LogP contribution in [0.5, 0.6) is 0 Å². The van der Waals surface area contributed by atoms with Gasteiger partial charge in [0.15, 0.2) is 0 Å². The highest BCUT2D eigenvalue weighted by molar-refractivity contribution is 5.82. The van der Waals surface area contributed by atoms with Crippen LogP contribution in [0.15, 0.2) is 33.6 Å². The van der Waals surface area contributed by atoms with Crippen molar-refractivity contribution in [2.75, 3.05) is 13.2 Å². The highest BCUT2D eigenvalue weighted by Gasteiger charge is 2.17. The van der Waals surface area contributed by atoms with E-state index in [0.717, 1.165) is 30.6 Å². The van der Waals surface area contributed by atoms with E-state index in [-0.39, 0.29) is 6.10 Å². The number of ether oxygens (including phenoxy) is 1. The van der Waals surface area contributed by atoms with Gasteiger partial charge in [-0.15, -0.1) is 5.10 Å². The predicted molar refractivity (Wildman–Crippen MR) is 99.4 cm³/mol. The summed E-state index contributed by atoms with van der Waals surface area (Å²) in [5, 5.41) is 12.0. The molecule has 0 aromatic heterocycles. The van der Waals surface area contributed by atoms with Crippen LogP contribution in [-0.2, 0) is 11.2 Å². The number of hydrogen-bond donors (Lipinski definition) is 1. The van der Waals surface area contributed by atoms with E-state index in [4.69, 9.17) is 10.5 Å². The van der Waals surface area contributed by atoms with Crippen LogP contribution in [0.2, 0.25) is 0 Å². The highest BCUT2D eigenvalue weighted by atomic mass is 16.5. The lowest BCUT2D eigenvalue weighted by Crippen LogP contribution is -2.21. The lowest BCUT2D eigenvalue weighted by molar-refractivity contribution is 0.0216. The summed E-state index contributed by atoms with van der Waals surface area (Å²) in [7, 11) is 0. The molecule has 1 atom stereocenters. The summed E-state index contributed by atoms with van der Waals surface area (Å²) in [5.41, 5.74) is 9.36. The minimum atomic E-state index is 0.179. The molecule has 1 aromatic carbocycles. The molecule has 1 saturated carbocycles. The van der Waals surface area contributed by atoms with Crippen molar-refractivity contribution in [1.82, 2.24) is 0 Å². The summed E-state index contributed by atoms with van der Waals surface area (Å²) in [6.07, 6.45) is 6.60. The number of amidine groups is 1. The molecule has 25 heavy (non-hydrogen) atoms. The van der Waals surface area contributed by atoms with Crippen LogP contribution in [0.3, 0.4) is 0 Å². The first-order valence-electron chi connectivity index (χ1n) is 9.12. The van der Waals surface area contributed by atoms with Gasteiger partial charge in [-0.2, -0.15) is 5.11 Å². The Morgan fingerprint density at radius 2 is 2.16 bits per heavy atom. The molecule has 2 N–H and O–H groups in total. The standard InChI is InChI=1S/C20H26N4O/c1-15-5-6-17(10-9-16-7-8-16)12-18(15)13-20(21)23-24-22-14-19-4-2-3-11-25-19/h5-6,12,16,19H,2-4,7-8,11,13-14H2,1H3,(H2,21,22,23). The molecule has 132 valence electrons. The normalized spacial score (nSPS) is 21.2. The molecule has 5 heteroatoms. The Kier molecular flexibility index (Phi) is 6.19. The fourth-order valence-corrected chi connectivity index (χ4v) is 2.75. The zero-order valence-corrected chi connectivity index (χ0v) is 14.9. The average Bonchev–Trinajstić information content (AvgIpc) is 3.45. The number of nitrogens with zero attached hydrogens (tertiary/aromatic N) is 3. The Hall–Kier alpha value is -2.19. The topological polar surface area (TPSA) is 72.3 Å². The molecule has 1 aliphatic carbocycles. The van der Waals surface area contributed by atoms with Crippen LogP contribution >= 0.6 is 0 Å². The van der Waals surface area contributed by atoms with Crippen molar-refractivity contribution in [2.24, 2.45) is 27.1 Å². The third-order valence-corrected chi connectivity index (χ3v) is 4.51. The number of nitrogens with two attached hydrogens (primary N) is 1. The van der Waals surface area contributed by atoms with Crippen LogP contribution in [0.4, 0.5) is 0 Å². The maximum Gasteiger partial charge on any atom is 0.128 e. The van der Waals surface area contributed by atoms with Gasteiger partial charge in [0.25, 0.3) is 0 Å². The van der Waals surface area contributed by atoms with Gasteiger partial charge >= 0.3 is 0 Å². The van der Waals surface area contributed by atoms with E-state index in [1.807, 2.05) is 0 Å². The van der Waals surface area contributed by atoms with Crippen molar-refractivity contribution in [3.8, 4) is 11.8 Å². The van der Waals surface area contributed by atoms with Crippen molar-refractivity contribution >= 4 is 5.84 Å². The Morgan fingerprint density at radius 3 is 2.92 bits per heavy atom. The van der Waals surface area contributed by atoms with Gasteiger partial charge in [-0.25, -0.2) is 0 Å². The van der Waals surface area contributed by atoms with Gasteiger partial charge in [-0.05, 0) is 67.5 Å². The van der Waals surface area contributed by atoms with Crippen molar-refractivity contribution < 1.29 is 4.74 Å². The molecular formula is C20H26N4O. The van der Waals surface area contributed by atoms with Crippen molar-refractivity contribution in [2.45, 2.75) is 51.6 Å². The first-order chi connectivity index (χ1) is 12.2. The van der Waals surface area contributed by atoms with Crippen LogP contribution < -0.4 is 5.73 Å². The summed E-state index contributed by atoms with van der Waals surface area (Å²) < 4.78 is 5.61. The van der Waals surface area contributed by atoms with E-state index in [1.165, 1.54) is 24.8 Å². The summed E-state index contributed by atoms with van der Waals surface area (Å²) in [6, 6.07) is 6.24. The van der Waals surface area contributed by atoms with Gasteiger partial charge in [0.1, 0.15) is 5.84 Å². The third kappa shape index (κ3) is 5.99. The predicted octanol–water partition coefficient (Wildman–Crippen LogP) is 3.59. The van der Waals surface area contributed by atoms with Crippen LogP contribution in [0.25, 0.3) is 0 Å². The van der Waals surface area contributed by atoms with Crippen LogP contribution in [-0.4, -0.2) is 25.1 Å². The number of rotatable bonds is 5. The highest BCUT2D eigenvalue weighted by Crippen LogP contribution is 2.27. The number of aryl methyl sites for hydroxylation is 1. The minimum absolute atomic E-state index is 0.179. The molecular weight excluding hydrogens is 312 g/mol. The fourth-order valence-electron chi connectivity index (χ4n) is 2.75. The molecule has 0 spiro atoms. The van der Waals surface area contributed by atoms with Gasteiger partial charge in [0.2, 0.25) is 0 Å². The average molecular weight is 338 g/mol. The van der Waals surface area contributed by atoms with Gasteiger partial charge < -0.3 is 10.5 Å². The molecule has 2 fully saturated rings. The fraction of sp³-hybridized carbons (Fsp3) is 0.550. The summed E-state index contributed by atoms with van der Waals surface area (Å²) in [6.45, 7) is 3.45. The second-order valence-electron chi connectivity index (χ2n) is 6.86. The second kappa shape index (κ2) is 8.77. The van der Waals surface area contributed by atoms with Gasteiger partial charge in [0.05, 0.1) is 12.6 Å². The molecule has 1 aliphatic heterocycles. The van der Waals surface area contributed by atoms with Crippen LogP contribution in [0.1, 0.15) is 48.8 Å². The molecule has 1 saturated heterocycles. The van der Waals surface area contributed by atoms with E-state index >= 15 is 0 Å². The van der Waals surface area contributed by atoms with Gasteiger partial charge in [0, 0.05) is 24.5 Å². The molecule has 1 heterocycles. The molecule has 3 rings (SSSR count). The zero-order chi connectivity index (χ0) is 17.5.